The van der Waals surface area contributed by atoms with E-state index in [2.05, 4.69) is 5.32 Å². The molecule has 0 aromatic heterocycles. The summed E-state index contributed by atoms with van der Waals surface area (Å²) in [7, 11) is 1.78. The number of nitrogens with one attached hydrogen (secondary N) is 1. The number of methoxy groups -OCH3 is 1. The summed E-state index contributed by atoms with van der Waals surface area (Å²) in [5.74, 6) is 0.983. The van der Waals surface area contributed by atoms with Crippen molar-refractivity contribution in [2.75, 3.05) is 33.5 Å². The Morgan fingerprint density at radius 1 is 1.23 bits per heavy atom. The van der Waals surface area contributed by atoms with E-state index in [1.165, 1.54) is 31.4 Å². The third-order valence-electron chi connectivity index (χ3n) is 6.17. The van der Waals surface area contributed by atoms with Crippen molar-refractivity contribution in [1.29, 1.82) is 0 Å². The lowest BCUT2D eigenvalue weighted by Crippen LogP contribution is -2.53. The third kappa shape index (κ3) is 5.19. The summed E-state index contributed by atoms with van der Waals surface area (Å²) in [5, 5.41) is 4.35. The Balaban J connectivity index is 1.44. The lowest BCUT2D eigenvalue weighted by molar-refractivity contribution is 0.0000475. The third-order valence-corrected chi connectivity index (χ3v) is 6.50. The van der Waals surface area contributed by atoms with Gasteiger partial charge in [-0.05, 0) is 81.0 Å². The number of benzene rings is 1. The highest BCUT2D eigenvalue weighted by molar-refractivity contribution is 6.31. The van der Waals surface area contributed by atoms with Crippen molar-refractivity contribution in [3.8, 4) is 0 Å². The van der Waals surface area contributed by atoms with Crippen LogP contribution in [0.5, 0.6) is 0 Å². The maximum atomic E-state index is 13.2. The fourth-order valence-electron chi connectivity index (χ4n) is 4.55. The van der Waals surface area contributed by atoms with Crippen LogP contribution in [0.2, 0.25) is 5.02 Å². The van der Waals surface area contributed by atoms with Gasteiger partial charge in [-0.2, -0.15) is 0 Å². The molecule has 1 saturated carbocycles. The Morgan fingerprint density at radius 2 is 1.96 bits per heavy atom. The van der Waals surface area contributed by atoms with Crippen LogP contribution in [0.25, 0.3) is 0 Å². The topological polar surface area (TPSA) is 30.5 Å². The molecule has 26 heavy (non-hydrogen) atoms. The zero-order valence-corrected chi connectivity index (χ0v) is 16.5. The molecule has 1 saturated heterocycles. The average molecular weight is 384 g/mol. The fraction of sp³-hybridized carbons (Fsp3) is 0.714. The molecule has 1 aliphatic carbocycles. The molecule has 1 aromatic rings. The summed E-state index contributed by atoms with van der Waals surface area (Å²) < 4.78 is 24.2. The van der Waals surface area contributed by atoms with Gasteiger partial charge >= 0.3 is 0 Å². The Labute approximate surface area is 161 Å². The van der Waals surface area contributed by atoms with Crippen LogP contribution in [0.1, 0.15) is 56.4 Å². The van der Waals surface area contributed by atoms with Crippen LogP contribution < -0.4 is 5.32 Å². The lowest BCUT2D eigenvalue weighted by atomic mass is 9.77. The van der Waals surface area contributed by atoms with Gasteiger partial charge in [0.2, 0.25) is 0 Å². The molecule has 0 spiro atoms. The highest BCUT2D eigenvalue weighted by atomic mass is 35.5. The Morgan fingerprint density at radius 3 is 2.62 bits per heavy atom. The standard InChI is InChI=1S/C21H31ClFNO2/c1-25-15-21(9-12-26-13-10-21)24-11-8-16-2-4-17(5-3-16)19-7-6-18(23)14-20(19)22/h6-7,14,16-17,24H,2-5,8-13,15H2,1H3. The highest BCUT2D eigenvalue weighted by Gasteiger charge is 2.32. The molecule has 1 heterocycles. The first-order valence-corrected chi connectivity index (χ1v) is 10.3. The molecule has 0 amide bonds. The lowest BCUT2D eigenvalue weighted by Gasteiger charge is -2.38. The van der Waals surface area contributed by atoms with Crippen LogP contribution >= 0.6 is 11.6 Å². The second-order valence-corrected chi connectivity index (χ2v) is 8.33. The number of hydrogen-bond acceptors (Lipinski definition) is 3. The molecule has 0 radical (unpaired) electrons. The predicted molar refractivity (Wildman–Crippen MR) is 103 cm³/mol. The first-order valence-electron chi connectivity index (χ1n) is 9.88. The molecule has 1 aromatic carbocycles. The largest absolute Gasteiger partial charge is 0.383 e. The van der Waals surface area contributed by atoms with Crippen molar-refractivity contribution in [2.45, 2.75) is 56.4 Å². The average Bonchev–Trinajstić information content (AvgIpc) is 2.64. The molecule has 0 atom stereocenters. The SMILES string of the molecule is COCC1(NCCC2CCC(c3ccc(F)cc3Cl)CC2)CCOCC1. The van der Waals surface area contributed by atoms with Gasteiger partial charge in [0.25, 0.3) is 0 Å². The minimum atomic E-state index is -0.253. The monoisotopic (exact) mass is 383 g/mol. The molecular weight excluding hydrogens is 353 g/mol. The molecular formula is C21H31ClFNO2. The predicted octanol–water partition coefficient (Wildman–Crippen LogP) is 4.93. The molecule has 2 fully saturated rings. The van der Waals surface area contributed by atoms with Gasteiger partial charge in [-0.15, -0.1) is 0 Å². The summed E-state index contributed by atoms with van der Waals surface area (Å²) in [5.41, 5.74) is 1.21. The summed E-state index contributed by atoms with van der Waals surface area (Å²) in [4.78, 5) is 0. The van der Waals surface area contributed by atoms with Crippen molar-refractivity contribution in [3.05, 3.63) is 34.6 Å². The van der Waals surface area contributed by atoms with Gasteiger partial charge in [0.1, 0.15) is 5.82 Å². The van der Waals surface area contributed by atoms with Gasteiger partial charge in [-0.25, -0.2) is 4.39 Å². The van der Waals surface area contributed by atoms with Gasteiger partial charge in [-0.1, -0.05) is 17.7 Å². The van der Waals surface area contributed by atoms with Crippen LogP contribution in [-0.4, -0.2) is 39.0 Å². The van der Waals surface area contributed by atoms with Crippen LogP contribution in [0, 0.1) is 11.7 Å². The van der Waals surface area contributed by atoms with Crippen molar-refractivity contribution in [2.24, 2.45) is 5.92 Å². The van der Waals surface area contributed by atoms with Crippen LogP contribution in [0.3, 0.4) is 0 Å². The van der Waals surface area contributed by atoms with Crippen molar-refractivity contribution in [3.63, 3.8) is 0 Å². The van der Waals surface area contributed by atoms with Gasteiger partial charge in [0.15, 0.2) is 0 Å². The number of ether oxygens (including phenoxy) is 2. The molecule has 3 rings (SSSR count). The smallest absolute Gasteiger partial charge is 0.124 e. The summed E-state index contributed by atoms with van der Waals surface area (Å²) in [6.45, 7) is 3.43. The Hall–Kier alpha value is -0.680. The maximum Gasteiger partial charge on any atom is 0.124 e. The van der Waals surface area contributed by atoms with E-state index in [4.69, 9.17) is 21.1 Å². The maximum absolute atomic E-state index is 13.2. The van der Waals surface area contributed by atoms with Gasteiger partial charge in [-0.3, -0.25) is 0 Å². The van der Waals surface area contributed by atoms with Crippen LogP contribution in [-0.2, 0) is 9.47 Å². The second kappa shape index (κ2) is 9.50. The zero-order valence-electron chi connectivity index (χ0n) is 15.7. The van der Waals surface area contributed by atoms with E-state index in [1.54, 1.807) is 7.11 Å². The van der Waals surface area contributed by atoms with E-state index >= 15 is 0 Å². The van der Waals surface area contributed by atoms with Crippen LogP contribution in [0.15, 0.2) is 18.2 Å². The number of halogens is 2. The molecule has 1 N–H and O–H groups in total. The van der Waals surface area contributed by atoms with E-state index in [1.807, 2.05) is 6.07 Å². The number of rotatable bonds is 7. The van der Waals surface area contributed by atoms with E-state index in [0.717, 1.165) is 63.5 Å². The van der Waals surface area contributed by atoms with Gasteiger partial charge in [0, 0.05) is 30.9 Å². The Kier molecular flexibility index (Phi) is 7.33. The van der Waals surface area contributed by atoms with Crippen molar-refractivity contribution >= 4 is 11.6 Å². The summed E-state index contributed by atoms with van der Waals surface area (Å²) in [6.07, 6.45) is 7.99. The van der Waals surface area contributed by atoms with Gasteiger partial charge in [0.05, 0.1) is 6.61 Å². The minimum Gasteiger partial charge on any atom is -0.383 e. The number of hydrogen-bond donors (Lipinski definition) is 1. The molecule has 146 valence electrons. The molecule has 5 heteroatoms. The molecule has 0 unspecified atom stereocenters. The second-order valence-electron chi connectivity index (χ2n) is 7.92. The highest BCUT2D eigenvalue weighted by Crippen LogP contribution is 2.39. The van der Waals surface area contributed by atoms with Crippen molar-refractivity contribution < 1.29 is 13.9 Å². The molecule has 3 nitrogen and oxygen atoms in total. The van der Waals surface area contributed by atoms with E-state index in [-0.39, 0.29) is 11.4 Å². The zero-order chi connectivity index (χ0) is 18.4. The summed E-state index contributed by atoms with van der Waals surface area (Å²) in [6, 6.07) is 4.83. The molecule has 1 aliphatic heterocycles. The van der Waals surface area contributed by atoms with E-state index in [0.29, 0.717) is 10.9 Å². The minimum absolute atomic E-state index is 0.0891. The van der Waals surface area contributed by atoms with E-state index in [9.17, 15) is 4.39 Å². The van der Waals surface area contributed by atoms with Crippen molar-refractivity contribution in [1.82, 2.24) is 5.32 Å². The first kappa shape index (κ1) is 20.1. The fourth-order valence-corrected chi connectivity index (χ4v) is 4.87. The summed E-state index contributed by atoms with van der Waals surface area (Å²) >= 11 is 6.24. The van der Waals surface area contributed by atoms with Gasteiger partial charge < -0.3 is 14.8 Å². The molecule has 0 bridgehead atoms. The quantitative estimate of drug-likeness (QED) is 0.724. The molecule has 2 aliphatic rings. The van der Waals surface area contributed by atoms with Crippen LogP contribution in [0.4, 0.5) is 4.39 Å². The normalized spacial score (nSPS) is 26.0. The Bertz CT molecular complexity index is 564. The van der Waals surface area contributed by atoms with E-state index < -0.39 is 0 Å². The first-order chi connectivity index (χ1) is 12.6.